The topological polar surface area (TPSA) is 88.4 Å². The molecule has 7 nitrogen and oxygen atoms in total. The Labute approximate surface area is 133 Å². The van der Waals surface area contributed by atoms with Crippen LogP contribution in [0.3, 0.4) is 0 Å². The van der Waals surface area contributed by atoms with E-state index in [0.29, 0.717) is 13.0 Å². The summed E-state index contributed by atoms with van der Waals surface area (Å²) in [5.41, 5.74) is 0. The van der Waals surface area contributed by atoms with Gasteiger partial charge in [-0.15, -0.1) is 0 Å². The maximum absolute atomic E-state index is 11.2. The lowest BCUT2D eigenvalue weighted by Gasteiger charge is -2.17. The maximum atomic E-state index is 11.2. The molecule has 1 atom stereocenters. The third kappa shape index (κ3) is 8.66. The van der Waals surface area contributed by atoms with Crippen LogP contribution in [0.5, 0.6) is 0 Å². The lowest BCUT2D eigenvalue weighted by atomic mass is 10.3. The summed E-state index contributed by atoms with van der Waals surface area (Å²) in [4.78, 5) is 4.50. The van der Waals surface area contributed by atoms with Crippen LogP contribution in [-0.4, -0.2) is 55.3 Å². The van der Waals surface area contributed by atoms with E-state index in [4.69, 9.17) is 0 Å². The van der Waals surface area contributed by atoms with E-state index in [9.17, 15) is 8.42 Å². The SMILES string of the molecule is CCNC(=NCCCn1cccn1)NC(C)CCS(C)(=O)=O. The normalized spacial score (nSPS) is 13.9. The first kappa shape index (κ1) is 18.5. The fourth-order valence-electron chi connectivity index (χ4n) is 1.87. The summed E-state index contributed by atoms with van der Waals surface area (Å²) < 4.78 is 24.3. The summed E-state index contributed by atoms with van der Waals surface area (Å²) in [7, 11) is -2.92. The highest BCUT2D eigenvalue weighted by atomic mass is 32.2. The second-order valence-electron chi connectivity index (χ2n) is 5.35. The zero-order valence-electron chi connectivity index (χ0n) is 13.6. The number of sulfone groups is 1. The average Bonchev–Trinajstić information content (AvgIpc) is 2.94. The summed E-state index contributed by atoms with van der Waals surface area (Å²) in [6.07, 6.45) is 6.42. The molecule has 0 aromatic carbocycles. The van der Waals surface area contributed by atoms with E-state index >= 15 is 0 Å². The van der Waals surface area contributed by atoms with Crippen molar-refractivity contribution in [1.82, 2.24) is 20.4 Å². The highest BCUT2D eigenvalue weighted by Gasteiger charge is 2.09. The molecule has 1 aromatic heterocycles. The van der Waals surface area contributed by atoms with Crippen LogP contribution in [0.25, 0.3) is 0 Å². The predicted octanol–water partition coefficient (Wildman–Crippen LogP) is 0.652. The molecule has 0 bridgehead atoms. The molecule has 0 saturated carbocycles. The molecule has 2 N–H and O–H groups in total. The average molecular weight is 329 g/mol. The zero-order valence-corrected chi connectivity index (χ0v) is 14.4. The number of aryl methyl sites for hydroxylation is 1. The van der Waals surface area contributed by atoms with Crippen LogP contribution in [0.15, 0.2) is 23.5 Å². The lowest BCUT2D eigenvalue weighted by Crippen LogP contribution is -2.42. The van der Waals surface area contributed by atoms with Crippen molar-refractivity contribution >= 4 is 15.8 Å². The second-order valence-corrected chi connectivity index (χ2v) is 7.61. The molecule has 0 aliphatic heterocycles. The van der Waals surface area contributed by atoms with Crippen molar-refractivity contribution in [1.29, 1.82) is 0 Å². The zero-order chi connectivity index (χ0) is 16.4. The van der Waals surface area contributed by atoms with Crippen molar-refractivity contribution in [2.45, 2.75) is 39.3 Å². The number of guanidine groups is 1. The van der Waals surface area contributed by atoms with Gasteiger partial charge in [0.2, 0.25) is 0 Å². The molecule has 1 rings (SSSR count). The molecule has 1 aromatic rings. The third-order valence-electron chi connectivity index (χ3n) is 3.02. The molecule has 0 radical (unpaired) electrons. The van der Waals surface area contributed by atoms with Crippen molar-refractivity contribution in [2.75, 3.05) is 25.1 Å². The number of aliphatic imine (C=N–C) groups is 1. The molecule has 1 unspecified atom stereocenters. The van der Waals surface area contributed by atoms with E-state index in [0.717, 1.165) is 25.5 Å². The van der Waals surface area contributed by atoms with Crippen molar-refractivity contribution in [3.63, 3.8) is 0 Å². The smallest absolute Gasteiger partial charge is 0.191 e. The van der Waals surface area contributed by atoms with Crippen molar-refractivity contribution in [3.8, 4) is 0 Å². The molecule has 0 saturated heterocycles. The number of hydrogen-bond acceptors (Lipinski definition) is 4. The van der Waals surface area contributed by atoms with Gasteiger partial charge in [0.15, 0.2) is 5.96 Å². The van der Waals surface area contributed by atoms with Gasteiger partial charge in [0.1, 0.15) is 9.84 Å². The minimum Gasteiger partial charge on any atom is -0.357 e. The largest absolute Gasteiger partial charge is 0.357 e. The van der Waals surface area contributed by atoms with Gasteiger partial charge in [-0.25, -0.2) is 8.42 Å². The predicted molar refractivity (Wildman–Crippen MR) is 89.7 cm³/mol. The third-order valence-corrected chi connectivity index (χ3v) is 4.00. The molecule has 22 heavy (non-hydrogen) atoms. The molecule has 0 fully saturated rings. The van der Waals surface area contributed by atoms with Gasteiger partial charge in [0.05, 0.1) is 5.75 Å². The van der Waals surface area contributed by atoms with Crippen molar-refractivity contribution in [3.05, 3.63) is 18.5 Å². The van der Waals surface area contributed by atoms with E-state index in [1.807, 2.05) is 30.8 Å². The van der Waals surface area contributed by atoms with Crippen LogP contribution in [0.2, 0.25) is 0 Å². The van der Waals surface area contributed by atoms with Crippen LogP contribution in [-0.2, 0) is 16.4 Å². The molecular formula is C14H27N5O2S. The molecule has 0 spiro atoms. The Hall–Kier alpha value is -1.57. The van der Waals surface area contributed by atoms with Crippen LogP contribution in [0, 0.1) is 0 Å². The Kier molecular flexibility index (Phi) is 7.94. The van der Waals surface area contributed by atoms with Crippen LogP contribution in [0.4, 0.5) is 0 Å². The van der Waals surface area contributed by atoms with Gasteiger partial charge in [-0.3, -0.25) is 9.67 Å². The Balaban J connectivity index is 2.37. The lowest BCUT2D eigenvalue weighted by molar-refractivity contribution is 0.574. The standard InChI is InChI=1S/C14H27N5O2S/c1-4-15-14(18-13(2)7-12-22(3,20)21)16-8-5-10-19-11-6-9-17-19/h6,9,11,13H,4-5,7-8,10,12H2,1-3H3,(H2,15,16,18). The van der Waals surface area contributed by atoms with Gasteiger partial charge in [0, 0.05) is 44.3 Å². The van der Waals surface area contributed by atoms with Crippen LogP contribution in [0.1, 0.15) is 26.7 Å². The fraction of sp³-hybridized carbons (Fsp3) is 0.714. The monoisotopic (exact) mass is 329 g/mol. The van der Waals surface area contributed by atoms with E-state index in [1.165, 1.54) is 6.26 Å². The molecule has 126 valence electrons. The number of rotatable bonds is 9. The van der Waals surface area contributed by atoms with Gasteiger partial charge in [-0.1, -0.05) is 0 Å². The summed E-state index contributed by atoms with van der Waals surface area (Å²) in [5, 5.41) is 10.6. The first-order valence-corrected chi connectivity index (χ1v) is 9.66. The van der Waals surface area contributed by atoms with E-state index < -0.39 is 9.84 Å². The molecule has 0 aliphatic rings. The van der Waals surface area contributed by atoms with Crippen molar-refractivity contribution < 1.29 is 8.42 Å². The Bertz CT molecular complexity index is 540. The number of aromatic nitrogens is 2. The summed E-state index contributed by atoms with van der Waals surface area (Å²) in [5.74, 6) is 0.906. The number of nitrogens with one attached hydrogen (secondary N) is 2. The fourth-order valence-corrected chi connectivity index (χ4v) is 2.65. The molecule has 0 amide bonds. The first-order valence-electron chi connectivity index (χ1n) is 7.60. The van der Waals surface area contributed by atoms with Gasteiger partial charge in [-0.05, 0) is 32.8 Å². The minimum atomic E-state index is -2.92. The highest BCUT2D eigenvalue weighted by Crippen LogP contribution is 1.96. The Morgan fingerprint density at radius 3 is 2.82 bits per heavy atom. The number of hydrogen-bond donors (Lipinski definition) is 2. The minimum absolute atomic E-state index is 0.0543. The van der Waals surface area contributed by atoms with E-state index in [1.54, 1.807) is 6.20 Å². The van der Waals surface area contributed by atoms with Crippen LogP contribution >= 0.6 is 0 Å². The van der Waals surface area contributed by atoms with Crippen LogP contribution < -0.4 is 10.6 Å². The van der Waals surface area contributed by atoms with Gasteiger partial charge < -0.3 is 10.6 Å². The summed E-state index contributed by atoms with van der Waals surface area (Å²) in [6, 6.07) is 1.96. The van der Waals surface area contributed by atoms with E-state index in [2.05, 4.69) is 20.7 Å². The Morgan fingerprint density at radius 2 is 2.23 bits per heavy atom. The Morgan fingerprint density at radius 1 is 1.45 bits per heavy atom. The molecule has 1 heterocycles. The molecular weight excluding hydrogens is 302 g/mol. The second kappa shape index (κ2) is 9.45. The molecule has 8 heteroatoms. The van der Waals surface area contributed by atoms with Crippen molar-refractivity contribution in [2.24, 2.45) is 4.99 Å². The van der Waals surface area contributed by atoms with Gasteiger partial charge >= 0.3 is 0 Å². The van der Waals surface area contributed by atoms with E-state index in [-0.39, 0.29) is 11.8 Å². The van der Waals surface area contributed by atoms with Gasteiger partial charge in [0.25, 0.3) is 0 Å². The van der Waals surface area contributed by atoms with Gasteiger partial charge in [-0.2, -0.15) is 5.10 Å². The molecule has 0 aliphatic carbocycles. The quantitative estimate of drug-likeness (QED) is 0.394. The summed E-state index contributed by atoms with van der Waals surface area (Å²) in [6.45, 7) is 6.25. The highest BCUT2D eigenvalue weighted by molar-refractivity contribution is 7.90. The number of nitrogens with zero attached hydrogens (tertiary/aromatic N) is 3. The maximum Gasteiger partial charge on any atom is 0.191 e. The summed E-state index contributed by atoms with van der Waals surface area (Å²) >= 11 is 0. The first-order chi connectivity index (χ1) is 10.4.